The highest BCUT2D eigenvalue weighted by atomic mass is 32.2. The summed E-state index contributed by atoms with van der Waals surface area (Å²) in [4.78, 5) is 6.80. The molecule has 4 nitrogen and oxygen atoms in total. The first-order chi connectivity index (χ1) is 8.61. The van der Waals surface area contributed by atoms with E-state index in [-0.39, 0.29) is 0 Å². The highest BCUT2D eigenvalue weighted by Crippen LogP contribution is 2.29. The van der Waals surface area contributed by atoms with Gasteiger partial charge in [-0.2, -0.15) is 11.8 Å². The average Bonchev–Trinajstić information content (AvgIpc) is 2.81. The van der Waals surface area contributed by atoms with Gasteiger partial charge in [0.2, 0.25) is 0 Å². The summed E-state index contributed by atoms with van der Waals surface area (Å²) in [7, 11) is 1.88. The summed E-state index contributed by atoms with van der Waals surface area (Å²) in [6.07, 6.45) is 1.17. The van der Waals surface area contributed by atoms with Crippen molar-refractivity contribution in [2.75, 3.05) is 45.6 Å². The fourth-order valence-corrected chi connectivity index (χ4v) is 3.62. The molecule has 2 aliphatic heterocycles. The van der Waals surface area contributed by atoms with Crippen LogP contribution in [0.1, 0.15) is 20.3 Å². The minimum Gasteiger partial charge on any atom is -0.381 e. The zero-order valence-corrected chi connectivity index (χ0v) is 12.6. The fraction of sp³-hybridized carbons (Fsp3) is 0.923. The van der Waals surface area contributed by atoms with Crippen LogP contribution in [-0.4, -0.2) is 61.3 Å². The number of rotatable bonds is 2. The van der Waals surface area contributed by atoms with Gasteiger partial charge in [0.05, 0.1) is 6.61 Å². The van der Waals surface area contributed by atoms with Crippen LogP contribution in [0.2, 0.25) is 0 Å². The van der Waals surface area contributed by atoms with E-state index in [1.165, 1.54) is 12.2 Å². The van der Waals surface area contributed by atoms with Crippen molar-refractivity contribution in [3.63, 3.8) is 0 Å². The Morgan fingerprint density at radius 2 is 2.39 bits per heavy atom. The molecule has 0 aromatic rings. The smallest absolute Gasteiger partial charge is 0.193 e. The summed E-state index contributed by atoms with van der Waals surface area (Å²) >= 11 is 2.05. The molecule has 1 N–H and O–H groups in total. The maximum atomic E-state index is 5.40. The number of nitrogens with one attached hydrogen (secondary N) is 1. The van der Waals surface area contributed by atoms with Crippen LogP contribution in [0, 0.1) is 5.92 Å². The Morgan fingerprint density at radius 3 is 3.00 bits per heavy atom. The fourth-order valence-electron chi connectivity index (χ4n) is 2.51. The van der Waals surface area contributed by atoms with Gasteiger partial charge in [-0.05, 0) is 20.3 Å². The Kier molecular flexibility index (Phi) is 4.78. The van der Waals surface area contributed by atoms with E-state index in [0.29, 0.717) is 10.7 Å². The summed E-state index contributed by atoms with van der Waals surface area (Å²) < 4.78 is 5.73. The van der Waals surface area contributed by atoms with Crippen LogP contribution in [-0.2, 0) is 4.74 Å². The Labute approximate surface area is 115 Å². The lowest BCUT2D eigenvalue weighted by atomic mass is 10.1. The molecule has 0 bridgehead atoms. The second kappa shape index (κ2) is 6.15. The van der Waals surface area contributed by atoms with Crippen molar-refractivity contribution in [1.82, 2.24) is 10.2 Å². The van der Waals surface area contributed by atoms with Gasteiger partial charge in [0.15, 0.2) is 5.96 Å². The maximum absolute atomic E-state index is 5.40. The second-order valence-corrected chi connectivity index (χ2v) is 7.49. The van der Waals surface area contributed by atoms with Crippen LogP contribution in [0.3, 0.4) is 0 Å². The molecule has 1 atom stereocenters. The van der Waals surface area contributed by atoms with Crippen molar-refractivity contribution < 1.29 is 4.74 Å². The Bertz CT molecular complexity index is 301. The highest BCUT2D eigenvalue weighted by Gasteiger charge is 2.29. The predicted molar refractivity (Wildman–Crippen MR) is 78.4 cm³/mol. The van der Waals surface area contributed by atoms with Crippen LogP contribution in [0.4, 0.5) is 0 Å². The van der Waals surface area contributed by atoms with Crippen molar-refractivity contribution in [1.29, 1.82) is 0 Å². The molecule has 0 radical (unpaired) electrons. The number of hydrogen-bond donors (Lipinski definition) is 1. The van der Waals surface area contributed by atoms with Crippen LogP contribution < -0.4 is 5.32 Å². The van der Waals surface area contributed by atoms with Crippen molar-refractivity contribution in [3.8, 4) is 0 Å². The normalized spacial score (nSPS) is 28.5. The van der Waals surface area contributed by atoms with Gasteiger partial charge >= 0.3 is 0 Å². The van der Waals surface area contributed by atoms with Crippen LogP contribution in [0.15, 0.2) is 4.99 Å². The maximum Gasteiger partial charge on any atom is 0.193 e. The molecule has 2 heterocycles. The molecular weight excluding hydrogens is 246 g/mol. The van der Waals surface area contributed by atoms with Gasteiger partial charge in [-0.25, -0.2) is 0 Å². The summed E-state index contributed by atoms with van der Waals surface area (Å²) in [5.74, 6) is 2.88. The molecule has 1 unspecified atom stereocenters. The number of guanidine groups is 1. The van der Waals surface area contributed by atoms with Crippen molar-refractivity contribution in [2.45, 2.75) is 25.0 Å². The van der Waals surface area contributed by atoms with E-state index >= 15 is 0 Å². The number of thioether (sulfide) groups is 1. The molecule has 104 valence electrons. The topological polar surface area (TPSA) is 36.9 Å². The third kappa shape index (κ3) is 3.79. The molecule has 2 fully saturated rings. The molecule has 0 amide bonds. The van der Waals surface area contributed by atoms with E-state index in [1.54, 1.807) is 0 Å². The summed E-state index contributed by atoms with van der Waals surface area (Å²) in [5, 5.41) is 3.51. The lowest BCUT2D eigenvalue weighted by Gasteiger charge is -2.39. The molecular formula is C13H25N3OS. The Morgan fingerprint density at radius 1 is 1.56 bits per heavy atom. The van der Waals surface area contributed by atoms with E-state index in [4.69, 9.17) is 4.74 Å². The molecule has 2 aliphatic rings. The quantitative estimate of drug-likeness (QED) is 0.609. The molecule has 0 saturated carbocycles. The molecule has 0 aromatic heterocycles. The zero-order chi connectivity index (χ0) is 13.0. The van der Waals surface area contributed by atoms with Crippen molar-refractivity contribution in [3.05, 3.63) is 0 Å². The number of nitrogens with zero attached hydrogens (tertiary/aromatic N) is 2. The van der Waals surface area contributed by atoms with Gasteiger partial charge < -0.3 is 15.0 Å². The molecule has 2 rings (SSSR count). The predicted octanol–water partition coefficient (Wildman–Crippen LogP) is 1.43. The van der Waals surface area contributed by atoms with Crippen LogP contribution in [0.25, 0.3) is 0 Å². The average molecular weight is 271 g/mol. The van der Waals surface area contributed by atoms with Crippen LogP contribution in [0.5, 0.6) is 0 Å². The van der Waals surface area contributed by atoms with E-state index in [9.17, 15) is 0 Å². The molecule has 2 saturated heterocycles. The second-order valence-electron chi connectivity index (χ2n) is 5.69. The lowest BCUT2D eigenvalue weighted by molar-refractivity contribution is 0.186. The third-order valence-corrected chi connectivity index (χ3v) is 4.81. The van der Waals surface area contributed by atoms with E-state index < -0.39 is 0 Å². The Hall–Kier alpha value is -0.420. The SMILES string of the molecule is CN=C(NCC1CCOC1)N1CCSC(C)(C)C1. The van der Waals surface area contributed by atoms with Gasteiger partial charge in [-0.1, -0.05) is 0 Å². The number of hydrogen-bond acceptors (Lipinski definition) is 3. The molecule has 18 heavy (non-hydrogen) atoms. The standard InChI is InChI=1S/C13H25N3OS/c1-13(2)10-16(5-7-18-13)12(14-3)15-8-11-4-6-17-9-11/h11H,4-10H2,1-3H3,(H,14,15). The molecule has 0 aliphatic carbocycles. The molecule has 0 spiro atoms. The summed E-state index contributed by atoms with van der Waals surface area (Å²) in [6.45, 7) is 9.57. The molecule has 5 heteroatoms. The van der Waals surface area contributed by atoms with Crippen molar-refractivity contribution >= 4 is 17.7 Å². The number of aliphatic imine (C=N–C) groups is 1. The first-order valence-electron chi connectivity index (χ1n) is 6.78. The van der Waals surface area contributed by atoms with E-state index in [2.05, 4.69) is 40.8 Å². The van der Waals surface area contributed by atoms with E-state index in [1.807, 2.05) is 7.05 Å². The van der Waals surface area contributed by atoms with Gasteiger partial charge in [-0.15, -0.1) is 0 Å². The third-order valence-electron chi connectivity index (χ3n) is 3.51. The van der Waals surface area contributed by atoms with Gasteiger partial charge in [-0.3, -0.25) is 4.99 Å². The van der Waals surface area contributed by atoms with Gasteiger partial charge in [0.25, 0.3) is 0 Å². The van der Waals surface area contributed by atoms with Gasteiger partial charge in [0.1, 0.15) is 0 Å². The summed E-state index contributed by atoms with van der Waals surface area (Å²) in [6, 6.07) is 0. The lowest BCUT2D eigenvalue weighted by Crippen LogP contribution is -2.51. The molecule has 0 aromatic carbocycles. The van der Waals surface area contributed by atoms with Gasteiger partial charge in [0, 0.05) is 49.7 Å². The van der Waals surface area contributed by atoms with Crippen LogP contribution >= 0.6 is 11.8 Å². The minimum absolute atomic E-state index is 0.326. The van der Waals surface area contributed by atoms with E-state index in [0.717, 1.165) is 38.8 Å². The van der Waals surface area contributed by atoms with Crippen molar-refractivity contribution in [2.24, 2.45) is 10.9 Å². The Balaban J connectivity index is 1.84. The monoisotopic (exact) mass is 271 g/mol. The summed E-state index contributed by atoms with van der Waals surface area (Å²) in [5.41, 5.74) is 0. The largest absolute Gasteiger partial charge is 0.381 e. The highest BCUT2D eigenvalue weighted by molar-refractivity contribution is 8.00. The minimum atomic E-state index is 0.326. The first-order valence-corrected chi connectivity index (χ1v) is 7.76. The number of ether oxygens (including phenoxy) is 1. The zero-order valence-electron chi connectivity index (χ0n) is 11.7. The first kappa shape index (κ1) is 14.0.